The second-order valence-corrected chi connectivity index (χ2v) is 6.35. The molecule has 1 aliphatic rings. The molecule has 0 saturated carbocycles. The predicted octanol–water partition coefficient (Wildman–Crippen LogP) is 4.11. The highest BCUT2D eigenvalue weighted by molar-refractivity contribution is 7.15. The fourth-order valence-corrected chi connectivity index (χ4v) is 3.62. The molecular formula is C15H9ClN2OS. The molecule has 3 nitrogen and oxygen atoms in total. The van der Waals surface area contributed by atoms with Gasteiger partial charge in [-0.2, -0.15) is 0 Å². The van der Waals surface area contributed by atoms with E-state index in [-0.39, 0.29) is 5.91 Å². The van der Waals surface area contributed by atoms with Gasteiger partial charge >= 0.3 is 0 Å². The standard InChI is InChI=1S/C15H9ClN2OS/c16-15-17-7-10(20-15)8-18-12-6-2-4-9-3-1-5-11(13(9)12)14(18)19/h1-7H,8H2. The van der Waals surface area contributed by atoms with E-state index in [0.29, 0.717) is 11.0 Å². The minimum atomic E-state index is 0.0429. The highest BCUT2D eigenvalue weighted by Gasteiger charge is 2.29. The lowest BCUT2D eigenvalue weighted by Crippen LogP contribution is -2.25. The smallest absolute Gasteiger partial charge is 0.259 e. The molecule has 0 atom stereocenters. The van der Waals surface area contributed by atoms with Crippen LogP contribution in [0.5, 0.6) is 0 Å². The van der Waals surface area contributed by atoms with E-state index in [0.717, 1.165) is 26.9 Å². The molecule has 0 spiro atoms. The fourth-order valence-electron chi connectivity index (χ4n) is 2.65. The van der Waals surface area contributed by atoms with Crippen LogP contribution in [0.1, 0.15) is 15.2 Å². The number of halogens is 1. The maximum Gasteiger partial charge on any atom is 0.259 e. The molecule has 3 aromatic rings. The average Bonchev–Trinajstić information content (AvgIpc) is 2.98. The first-order valence-electron chi connectivity index (χ1n) is 6.18. The molecule has 1 aromatic heterocycles. The van der Waals surface area contributed by atoms with Crippen molar-refractivity contribution in [2.75, 3.05) is 4.90 Å². The Labute approximate surface area is 124 Å². The lowest BCUT2D eigenvalue weighted by Gasteiger charge is -2.16. The van der Waals surface area contributed by atoms with Crippen LogP contribution in [-0.2, 0) is 6.54 Å². The summed E-state index contributed by atoms with van der Waals surface area (Å²) in [5.41, 5.74) is 1.74. The van der Waals surface area contributed by atoms with E-state index in [2.05, 4.69) is 4.98 Å². The Hall–Kier alpha value is -1.91. The minimum Gasteiger partial charge on any atom is -0.302 e. The van der Waals surface area contributed by atoms with Gasteiger partial charge in [-0.25, -0.2) is 4.98 Å². The van der Waals surface area contributed by atoms with E-state index < -0.39 is 0 Å². The summed E-state index contributed by atoms with van der Waals surface area (Å²) < 4.78 is 0.502. The first kappa shape index (κ1) is 11.9. The topological polar surface area (TPSA) is 33.2 Å². The summed E-state index contributed by atoms with van der Waals surface area (Å²) in [6.45, 7) is 0.511. The molecule has 1 amide bonds. The van der Waals surface area contributed by atoms with Crippen molar-refractivity contribution in [2.45, 2.75) is 6.54 Å². The number of benzene rings is 2. The zero-order valence-electron chi connectivity index (χ0n) is 10.3. The van der Waals surface area contributed by atoms with Crippen LogP contribution in [-0.4, -0.2) is 10.9 Å². The Morgan fingerprint density at radius 2 is 2.00 bits per heavy atom. The summed E-state index contributed by atoms with van der Waals surface area (Å²) in [5.74, 6) is 0.0429. The normalized spacial score (nSPS) is 13.4. The number of carbonyl (C=O) groups is 1. The number of amides is 1. The van der Waals surface area contributed by atoms with Gasteiger partial charge in [0.25, 0.3) is 5.91 Å². The number of aromatic nitrogens is 1. The summed E-state index contributed by atoms with van der Waals surface area (Å²) in [6, 6.07) is 11.8. The fraction of sp³-hybridized carbons (Fsp3) is 0.0667. The Kier molecular flexibility index (Phi) is 2.55. The molecule has 0 aliphatic carbocycles. The molecule has 0 radical (unpaired) electrons. The number of nitrogens with zero attached hydrogens (tertiary/aromatic N) is 2. The number of rotatable bonds is 2. The lowest BCUT2D eigenvalue weighted by molar-refractivity contribution is 0.0991. The largest absolute Gasteiger partial charge is 0.302 e. The maximum absolute atomic E-state index is 12.6. The van der Waals surface area contributed by atoms with E-state index in [1.54, 1.807) is 11.1 Å². The summed E-state index contributed by atoms with van der Waals surface area (Å²) in [6.07, 6.45) is 1.73. The molecule has 0 saturated heterocycles. The van der Waals surface area contributed by atoms with Gasteiger partial charge in [-0.3, -0.25) is 4.79 Å². The summed E-state index contributed by atoms with van der Waals surface area (Å²) in [4.78, 5) is 19.4. The van der Waals surface area contributed by atoms with Crippen molar-refractivity contribution in [2.24, 2.45) is 0 Å². The van der Waals surface area contributed by atoms with Gasteiger partial charge in [0, 0.05) is 22.0 Å². The lowest BCUT2D eigenvalue weighted by atomic mass is 10.1. The Morgan fingerprint density at radius 3 is 2.75 bits per heavy atom. The summed E-state index contributed by atoms with van der Waals surface area (Å²) >= 11 is 7.26. The van der Waals surface area contributed by atoms with Gasteiger partial charge in [0.05, 0.1) is 12.2 Å². The third-order valence-electron chi connectivity index (χ3n) is 3.49. The van der Waals surface area contributed by atoms with Crippen molar-refractivity contribution in [1.29, 1.82) is 0 Å². The van der Waals surface area contributed by atoms with E-state index in [1.165, 1.54) is 11.3 Å². The van der Waals surface area contributed by atoms with Crippen molar-refractivity contribution < 1.29 is 4.79 Å². The van der Waals surface area contributed by atoms with Crippen LogP contribution in [0.3, 0.4) is 0 Å². The highest BCUT2D eigenvalue weighted by atomic mass is 35.5. The van der Waals surface area contributed by atoms with Crippen LogP contribution in [0.25, 0.3) is 10.8 Å². The molecule has 2 aromatic carbocycles. The molecule has 20 heavy (non-hydrogen) atoms. The molecule has 1 aliphatic heterocycles. The van der Waals surface area contributed by atoms with Crippen LogP contribution >= 0.6 is 22.9 Å². The predicted molar refractivity (Wildman–Crippen MR) is 81.6 cm³/mol. The van der Waals surface area contributed by atoms with Crippen molar-refractivity contribution >= 4 is 45.3 Å². The van der Waals surface area contributed by atoms with E-state index in [1.807, 2.05) is 36.4 Å². The molecule has 0 unspecified atom stereocenters. The molecule has 2 heterocycles. The summed E-state index contributed by atoms with van der Waals surface area (Å²) in [7, 11) is 0. The van der Waals surface area contributed by atoms with Crippen LogP contribution in [0.2, 0.25) is 4.47 Å². The van der Waals surface area contributed by atoms with Crippen LogP contribution in [0, 0.1) is 0 Å². The van der Waals surface area contributed by atoms with Gasteiger partial charge in [0.15, 0.2) is 4.47 Å². The number of thiazole rings is 1. The minimum absolute atomic E-state index is 0.0429. The van der Waals surface area contributed by atoms with Gasteiger partial charge in [0.1, 0.15) is 0 Å². The zero-order valence-corrected chi connectivity index (χ0v) is 11.9. The van der Waals surface area contributed by atoms with E-state index in [4.69, 9.17) is 11.6 Å². The van der Waals surface area contributed by atoms with Crippen LogP contribution < -0.4 is 4.90 Å². The molecule has 0 bridgehead atoms. The van der Waals surface area contributed by atoms with Crippen molar-refractivity contribution in [1.82, 2.24) is 4.98 Å². The molecule has 0 fully saturated rings. The van der Waals surface area contributed by atoms with Crippen LogP contribution in [0.4, 0.5) is 5.69 Å². The zero-order chi connectivity index (χ0) is 13.7. The molecule has 4 rings (SSSR count). The first-order valence-corrected chi connectivity index (χ1v) is 7.37. The third-order valence-corrected chi connectivity index (χ3v) is 4.59. The Morgan fingerprint density at radius 1 is 1.20 bits per heavy atom. The monoisotopic (exact) mass is 300 g/mol. The summed E-state index contributed by atoms with van der Waals surface area (Å²) in [5, 5.41) is 2.13. The second kappa shape index (κ2) is 4.30. The number of anilines is 1. The Balaban J connectivity index is 1.84. The molecule has 5 heteroatoms. The SMILES string of the molecule is O=C1c2cccc3cccc(c23)N1Cc1cnc(Cl)s1. The van der Waals surface area contributed by atoms with Gasteiger partial charge in [-0.15, -0.1) is 11.3 Å². The van der Waals surface area contributed by atoms with Gasteiger partial charge in [0.2, 0.25) is 0 Å². The van der Waals surface area contributed by atoms with Crippen molar-refractivity contribution in [3.63, 3.8) is 0 Å². The maximum atomic E-state index is 12.6. The Bertz CT molecular complexity index is 838. The second-order valence-electron chi connectivity index (χ2n) is 4.65. The first-order chi connectivity index (χ1) is 9.74. The number of carbonyl (C=O) groups excluding carboxylic acids is 1. The highest BCUT2D eigenvalue weighted by Crippen LogP contribution is 2.38. The quantitative estimate of drug-likeness (QED) is 0.713. The molecule has 0 N–H and O–H groups in total. The van der Waals surface area contributed by atoms with Crippen molar-refractivity contribution in [3.05, 3.63) is 57.5 Å². The van der Waals surface area contributed by atoms with Gasteiger partial charge < -0.3 is 4.90 Å². The number of hydrogen-bond acceptors (Lipinski definition) is 3. The molecule has 98 valence electrons. The van der Waals surface area contributed by atoms with E-state index in [9.17, 15) is 4.79 Å². The number of hydrogen-bond donors (Lipinski definition) is 0. The van der Waals surface area contributed by atoms with Crippen LogP contribution in [0.15, 0.2) is 42.6 Å². The molecular weight excluding hydrogens is 292 g/mol. The van der Waals surface area contributed by atoms with Gasteiger partial charge in [-0.1, -0.05) is 35.9 Å². The van der Waals surface area contributed by atoms with Gasteiger partial charge in [-0.05, 0) is 17.5 Å². The third kappa shape index (κ3) is 1.65. The van der Waals surface area contributed by atoms with E-state index >= 15 is 0 Å². The van der Waals surface area contributed by atoms with Crippen molar-refractivity contribution in [3.8, 4) is 0 Å². The average molecular weight is 301 g/mol.